The predicted octanol–water partition coefficient (Wildman–Crippen LogP) is 1.43. The van der Waals surface area contributed by atoms with E-state index < -0.39 is 0 Å². The molecule has 6 heteroatoms. The van der Waals surface area contributed by atoms with Gasteiger partial charge in [-0.05, 0) is 13.3 Å². The largest absolute Gasteiger partial charge is 0.376 e. The smallest absolute Gasteiger partial charge is 0.134 e. The van der Waals surface area contributed by atoms with E-state index >= 15 is 0 Å². The molecule has 106 valence electrons. The fraction of sp³-hybridized carbons (Fsp3) is 0.692. The van der Waals surface area contributed by atoms with Gasteiger partial charge in [-0.25, -0.2) is 9.97 Å². The van der Waals surface area contributed by atoms with Crippen molar-refractivity contribution in [3.05, 3.63) is 11.9 Å². The number of nitrogens with zero attached hydrogens (tertiary/aromatic N) is 2. The third-order valence-corrected chi connectivity index (χ3v) is 3.01. The Hall–Kier alpha value is -1.40. The summed E-state index contributed by atoms with van der Waals surface area (Å²) in [5.74, 6) is 1.74. The van der Waals surface area contributed by atoms with Crippen LogP contribution >= 0.6 is 0 Å². The van der Waals surface area contributed by atoms with Crippen LogP contribution in [0.25, 0.3) is 0 Å². The van der Waals surface area contributed by atoms with E-state index in [0.717, 1.165) is 30.2 Å². The van der Waals surface area contributed by atoms with Gasteiger partial charge >= 0.3 is 0 Å². The minimum atomic E-state index is 0.0927. The zero-order valence-corrected chi connectivity index (χ0v) is 11.6. The number of nitrogens with one attached hydrogen (secondary N) is 2. The molecule has 2 N–H and O–H groups in total. The van der Waals surface area contributed by atoms with Gasteiger partial charge in [-0.15, -0.1) is 0 Å². The molecule has 19 heavy (non-hydrogen) atoms. The number of aromatic nitrogens is 2. The Bertz CT molecular complexity index is 394. The standard InChI is InChI=1S/C13H22N4O2/c1-3-4-14-12-10(2)13(17-9-16-12)15-7-11-8-18-5-6-19-11/h9,11H,3-8H2,1-2H3,(H2,14,15,16,17). The average molecular weight is 266 g/mol. The lowest BCUT2D eigenvalue weighted by Crippen LogP contribution is -2.34. The zero-order valence-electron chi connectivity index (χ0n) is 11.6. The molecule has 1 saturated heterocycles. The average Bonchev–Trinajstić information content (AvgIpc) is 2.46. The Morgan fingerprint density at radius 3 is 2.74 bits per heavy atom. The Balaban J connectivity index is 1.91. The van der Waals surface area contributed by atoms with Crippen molar-refractivity contribution in [3.63, 3.8) is 0 Å². The highest BCUT2D eigenvalue weighted by molar-refractivity contribution is 5.56. The van der Waals surface area contributed by atoms with Crippen molar-refractivity contribution < 1.29 is 9.47 Å². The number of hydrogen-bond acceptors (Lipinski definition) is 6. The molecule has 2 rings (SSSR count). The molecule has 1 aliphatic rings. The molecule has 0 saturated carbocycles. The van der Waals surface area contributed by atoms with Crippen LogP contribution in [0.4, 0.5) is 11.6 Å². The lowest BCUT2D eigenvalue weighted by Gasteiger charge is -2.23. The highest BCUT2D eigenvalue weighted by atomic mass is 16.6. The van der Waals surface area contributed by atoms with Crippen molar-refractivity contribution in [3.8, 4) is 0 Å². The summed E-state index contributed by atoms with van der Waals surface area (Å²) >= 11 is 0. The summed E-state index contributed by atoms with van der Waals surface area (Å²) in [6, 6.07) is 0. The van der Waals surface area contributed by atoms with Gasteiger partial charge in [-0.1, -0.05) is 6.92 Å². The van der Waals surface area contributed by atoms with Crippen molar-refractivity contribution >= 4 is 11.6 Å². The molecule has 1 aromatic heterocycles. The minimum absolute atomic E-state index is 0.0927. The molecule has 2 heterocycles. The molecule has 1 fully saturated rings. The van der Waals surface area contributed by atoms with Crippen molar-refractivity contribution in [2.24, 2.45) is 0 Å². The quantitative estimate of drug-likeness (QED) is 0.812. The van der Waals surface area contributed by atoms with Crippen LogP contribution in [0.15, 0.2) is 6.33 Å². The topological polar surface area (TPSA) is 68.3 Å². The number of rotatable bonds is 6. The van der Waals surface area contributed by atoms with Crippen LogP contribution in [0.2, 0.25) is 0 Å². The maximum atomic E-state index is 5.59. The van der Waals surface area contributed by atoms with Crippen LogP contribution in [-0.4, -0.2) is 49.0 Å². The van der Waals surface area contributed by atoms with Gasteiger partial charge in [0.25, 0.3) is 0 Å². The molecular weight excluding hydrogens is 244 g/mol. The predicted molar refractivity (Wildman–Crippen MR) is 74.6 cm³/mol. The second-order valence-electron chi connectivity index (χ2n) is 4.57. The SMILES string of the molecule is CCCNc1ncnc(NCC2COCCO2)c1C. The summed E-state index contributed by atoms with van der Waals surface area (Å²) in [6.45, 7) is 7.74. The van der Waals surface area contributed by atoms with Gasteiger partial charge in [0.2, 0.25) is 0 Å². The van der Waals surface area contributed by atoms with E-state index in [9.17, 15) is 0 Å². The van der Waals surface area contributed by atoms with Gasteiger partial charge in [0, 0.05) is 18.7 Å². The molecule has 0 amide bonds. The molecule has 0 bridgehead atoms. The lowest BCUT2D eigenvalue weighted by molar-refractivity contribution is -0.0819. The first-order valence-electron chi connectivity index (χ1n) is 6.80. The Labute approximate surface area is 113 Å². The van der Waals surface area contributed by atoms with E-state index in [2.05, 4.69) is 27.5 Å². The van der Waals surface area contributed by atoms with E-state index in [1.807, 2.05) is 6.92 Å². The number of hydrogen-bond donors (Lipinski definition) is 2. The first-order valence-corrected chi connectivity index (χ1v) is 6.80. The summed E-state index contributed by atoms with van der Waals surface area (Å²) in [6.07, 6.45) is 2.74. The second kappa shape index (κ2) is 7.25. The third-order valence-electron chi connectivity index (χ3n) is 3.01. The Morgan fingerprint density at radius 2 is 2.05 bits per heavy atom. The van der Waals surface area contributed by atoms with Crippen molar-refractivity contribution in [1.29, 1.82) is 0 Å². The van der Waals surface area contributed by atoms with Crippen molar-refractivity contribution in [1.82, 2.24) is 9.97 Å². The fourth-order valence-electron chi connectivity index (χ4n) is 1.91. The first kappa shape index (κ1) is 14.0. The van der Waals surface area contributed by atoms with E-state index in [1.54, 1.807) is 6.33 Å². The highest BCUT2D eigenvalue weighted by Gasteiger charge is 2.15. The molecule has 0 radical (unpaired) electrons. The summed E-state index contributed by atoms with van der Waals surface area (Å²) in [7, 11) is 0. The molecular formula is C13H22N4O2. The monoisotopic (exact) mass is 266 g/mol. The van der Waals surface area contributed by atoms with Crippen LogP contribution in [0.1, 0.15) is 18.9 Å². The lowest BCUT2D eigenvalue weighted by atomic mass is 10.3. The van der Waals surface area contributed by atoms with E-state index in [1.165, 1.54) is 0 Å². The molecule has 0 aromatic carbocycles. The molecule has 6 nitrogen and oxygen atoms in total. The van der Waals surface area contributed by atoms with Crippen molar-refractivity contribution in [2.75, 3.05) is 43.5 Å². The molecule has 1 aliphatic heterocycles. The minimum Gasteiger partial charge on any atom is -0.376 e. The summed E-state index contributed by atoms with van der Waals surface area (Å²) in [5.41, 5.74) is 1.03. The van der Waals surface area contributed by atoms with Crippen LogP contribution in [-0.2, 0) is 9.47 Å². The fourth-order valence-corrected chi connectivity index (χ4v) is 1.91. The maximum Gasteiger partial charge on any atom is 0.134 e. The molecule has 1 aromatic rings. The summed E-state index contributed by atoms with van der Waals surface area (Å²) in [4.78, 5) is 8.53. The van der Waals surface area contributed by atoms with Crippen LogP contribution in [0.3, 0.4) is 0 Å². The molecule has 0 aliphatic carbocycles. The number of ether oxygens (including phenoxy) is 2. The van der Waals surface area contributed by atoms with Gasteiger partial charge in [0.15, 0.2) is 0 Å². The van der Waals surface area contributed by atoms with Crippen LogP contribution in [0.5, 0.6) is 0 Å². The van der Waals surface area contributed by atoms with Gasteiger partial charge in [-0.2, -0.15) is 0 Å². The molecule has 1 unspecified atom stereocenters. The highest BCUT2D eigenvalue weighted by Crippen LogP contribution is 2.18. The van der Waals surface area contributed by atoms with E-state index in [0.29, 0.717) is 26.4 Å². The van der Waals surface area contributed by atoms with Crippen LogP contribution < -0.4 is 10.6 Å². The maximum absolute atomic E-state index is 5.59. The normalized spacial score (nSPS) is 19.2. The van der Waals surface area contributed by atoms with E-state index in [-0.39, 0.29) is 6.10 Å². The van der Waals surface area contributed by atoms with Gasteiger partial charge in [0.1, 0.15) is 18.0 Å². The van der Waals surface area contributed by atoms with Gasteiger partial charge in [-0.3, -0.25) is 0 Å². The summed E-state index contributed by atoms with van der Waals surface area (Å²) in [5, 5.41) is 6.60. The zero-order chi connectivity index (χ0) is 13.5. The third kappa shape index (κ3) is 4.04. The number of anilines is 2. The second-order valence-corrected chi connectivity index (χ2v) is 4.57. The van der Waals surface area contributed by atoms with Crippen LogP contribution in [0, 0.1) is 6.92 Å². The summed E-state index contributed by atoms with van der Waals surface area (Å²) < 4.78 is 11.0. The van der Waals surface area contributed by atoms with E-state index in [4.69, 9.17) is 9.47 Å². The molecule has 1 atom stereocenters. The first-order chi connectivity index (χ1) is 9.31. The Kier molecular flexibility index (Phi) is 5.35. The molecule has 0 spiro atoms. The van der Waals surface area contributed by atoms with Crippen molar-refractivity contribution in [2.45, 2.75) is 26.4 Å². The Morgan fingerprint density at radius 1 is 1.26 bits per heavy atom. The van der Waals surface area contributed by atoms with Gasteiger partial charge < -0.3 is 20.1 Å². The van der Waals surface area contributed by atoms with Gasteiger partial charge in [0.05, 0.1) is 25.9 Å².